The van der Waals surface area contributed by atoms with Crippen LogP contribution in [0.5, 0.6) is 0 Å². The van der Waals surface area contributed by atoms with Crippen molar-refractivity contribution in [3.05, 3.63) is 30.3 Å². The van der Waals surface area contributed by atoms with E-state index >= 15 is 0 Å². The number of anilines is 1. The van der Waals surface area contributed by atoms with Crippen molar-refractivity contribution in [1.82, 2.24) is 9.80 Å². The Kier molecular flexibility index (Phi) is 5.99. The first kappa shape index (κ1) is 20.1. The van der Waals surface area contributed by atoms with Gasteiger partial charge in [-0.3, -0.25) is 19.4 Å². The number of urea groups is 1. The molecule has 1 aliphatic carbocycles. The van der Waals surface area contributed by atoms with Gasteiger partial charge in [-0.05, 0) is 30.4 Å². The van der Waals surface area contributed by atoms with E-state index in [4.69, 9.17) is 0 Å². The van der Waals surface area contributed by atoms with E-state index in [1.165, 1.54) is 6.42 Å². The lowest BCUT2D eigenvalue weighted by molar-refractivity contribution is -0.122. The Labute approximate surface area is 172 Å². The van der Waals surface area contributed by atoms with E-state index in [0.717, 1.165) is 18.8 Å². The third-order valence-corrected chi connectivity index (χ3v) is 6.75. The van der Waals surface area contributed by atoms with Crippen LogP contribution >= 0.6 is 0 Å². The van der Waals surface area contributed by atoms with Crippen molar-refractivity contribution in [3.8, 4) is 0 Å². The van der Waals surface area contributed by atoms with Gasteiger partial charge in [0.1, 0.15) is 11.6 Å². The number of carbonyl (C=O) groups is 3. The van der Waals surface area contributed by atoms with Crippen molar-refractivity contribution in [2.45, 2.75) is 45.1 Å². The Bertz CT molecular complexity index is 746. The van der Waals surface area contributed by atoms with E-state index in [2.05, 4.69) is 11.8 Å². The fourth-order valence-electron chi connectivity index (χ4n) is 4.72. The number of ketones is 2. The van der Waals surface area contributed by atoms with Crippen LogP contribution in [0.3, 0.4) is 0 Å². The molecule has 6 nitrogen and oxygen atoms in total. The van der Waals surface area contributed by atoms with Gasteiger partial charge in [0.2, 0.25) is 0 Å². The summed E-state index contributed by atoms with van der Waals surface area (Å²) in [5, 5.41) is 0. The van der Waals surface area contributed by atoms with Crippen LogP contribution in [0.25, 0.3) is 0 Å². The number of amides is 2. The summed E-state index contributed by atoms with van der Waals surface area (Å²) >= 11 is 0. The largest absolute Gasteiger partial charge is 0.324 e. The van der Waals surface area contributed by atoms with E-state index in [0.29, 0.717) is 62.9 Å². The van der Waals surface area contributed by atoms with Crippen molar-refractivity contribution in [3.63, 3.8) is 0 Å². The Morgan fingerprint density at radius 1 is 1.00 bits per heavy atom. The summed E-state index contributed by atoms with van der Waals surface area (Å²) < 4.78 is 0. The van der Waals surface area contributed by atoms with Gasteiger partial charge < -0.3 is 4.90 Å². The van der Waals surface area contributed by atoms with E-state index in [9.17, 15) is 14.4 Å². The molecule has 2 saturated heterocycles. The van der Waals surface area contributed by atoms with Gasteiger partial charge in [0, 0.05) is 70.1 Å². The second kappa shape index (κ2) is 8.66. The van der Waals surface area contributed by atoms with Gasteiger partial charge in [0.15, 0.2) is 0 Å². The molecule has 0 aromatic heterocycles. The molecule has 0 spiro atoms. The first-order chi connectivity index (χ1) is 14.0. The maximum absolute atomic E-state index is 13.5. The maximum atomic E-state index is 13.5. The fourth-order valence-corrected chi connectivity index (χ4v) is 4.72. The lowest BCUT2D eigenvalue weighted by atomic mass is 10.0. The van der Waals surface area contributed by atoms with Gasteiger partial charge in [0.05, 0.1) is 0 Å². The molecule has 0 N–H and O–H groups in total. The molecule has 2 heterocycles. The summed E-state index contributed by atoms with van der Waals surface area (Å²) in [6.07, 6.45) is 3.32. The van der Waals surface area contributed by atoms with Gasteiger partial charge in [-0.2, -0.15) is 0 Å². The van der Waals surface area contributed by atoms with Crippen LogP contribution in [0, 0.1) is 11.8 Å². The monoisotopic (exact) mass is 397 g/mol. The van der Waals surface area contributed by atoms with Crippen molar-refractivity contribution < 1.29 is 14.4 Å². The molecule has 1 aromatic rings. The fraction of sp³-hybridized carbons (Fsp3) is 0.609. The van der Waals surface area contributed by atoms with Crippen LogP contribution in [-0.4, -0.2) is 66.2 Å². The van der Waals surface area contributed by atoms with Crippen molar-refractivity contribution in [1.29, 1.82) is 0 Å². The van der Waals surface area contributed by atoms with Gasteiger partial charge in [0.25, 0.3) is 0 Å². The van der Waals surface area contributed by atoms with E-state index < -0.39 is 0 Å². The molecule has 1 aromatic carbocycles. The molecule has 4 rings (SSSR count). The molecule has 3 fully saturated rings. The highest BCUT2D eigenvalue weighted by Crippen LogP contribution is 2.43. The second-order valence-corrected chi connectivity index (χ2v) is 8.77. The average molecular weight is 398 g/mol. The Balaban J connectivity index is 1.55. The summed E-state index contributed by atoms with van der Waals surface area (Å²) in [6, 6.07) is 10.1. The zero-order valence-electron chi connectivity index (χ0n) is 17.3. The number of hydrogen-bond donors (Lipinski definition) is 0. The lowest BCUT2D eigenvalue weighted by Crippen LogP contribution is -2.54. The van der Waals surface area contributed by atoms with Crippen molar-refractivity contribution in [2.24, 2.45) is 11.8 Å². The molecule has 3 unspecified atom stereocenters. The zero-order chi connectivity index (χ0) is 20.4. The summed E-state index contributed by atoms with van der Waals surface area (Å²) in [7, 11) is 0. The number of benzene rings is 1. The number of likely N-dealkylation sites (tertiary alicyclic amines) is 2. The molecule has 29 heavy (non-hydrogen) atoms. The van der Waals surface area contributed by atoms with Gasteiger partial charge in [-0.1, -0.05) is 25.1 Å². The van der Waals surface area contributed by atoms with Crippen LogP contribution in [0.1, 0.15) is 39.0 Å². The number of hydrogen-bond acceptors (Lipinski definition) is 4. The van der Waals surface area contributed by atoms with Crippen LogP contribution in [0.15, 0.2) is 30.3 Å². The summed E-state index contributed by atoms with van der Waals surface area (Å²) in [5.41, 5.74) is 0.904. The first-order valence-corrected chi connectivity index (χ1v) is 10.9. The quantitative estimate of drug-likeness (QED) is 0.766. The molecule has 3 atom stereocenters. The van der Waals surface area contributed by atoms with Crippen LogP contribution < -0.4 is 4.90 Å². The molecule has 2 aliphatic heterocycles. The molecule has 3 aliphatic rings. The molecule has 0 bridgehead atoms. The number of rotatable bonds is 5. The number of nitrogens with zero attached hydrogens (tertiary/aromatic N) is 3. The highest BCUT2D eigenvalue weighted by molar-refractivity contribution is 5.93. The predicted octanol–water partition coefficient (Wildman–Crippen LogP) is 2.97. The zero-order valence-corrected chi connectivity index (χ0v) is 17.3. The minimum atomic E-state index is -0.00455. The van der Waals surface area contributed by atoms with E-state index in [-0.39, 0.29) is 17.9 Å². The second-order valence-electron chi connectivity index (χ2n) is 8.77. The SMILES string of the molecule is CC1CC1C(CN(C(=O)N1CCC(=O)CC1)c1ccccc1)N1CCC(=O)CC1. The highest BCUT2D eigenvalue weighted by atomic mass is 16.2. The van der Waals surface area contributed by atoms with Crippen LogP contribution in [-0.2, 0) is 9.59 Å². The molecule has 6 heteroatoms. The van der Waals surface area contributed by atoms with Gasteiger partial charge >= 0.3 is 6.03 Å². The standard InChI is InChI=1S/C23H31N3O3/c1-17-15-21(17)22(24-11-7-19(27)8-12-24)16-26(18-5-3-2-4-6-18)23(29)25-13-9-20(28)10-14-25/h2-6,17,21-22H,7-16H2,1H3. The molecular formula is C23H31N3O3. The normalized spacial score (nSPS) is 26.3. The average Bonchev–Trinajstić information content (AvgIpc) is 3.46. The minimum absolute atomic E-state index is 0.00455. The topological polar surface area (TPSA) is 60.9 Å². The number of Topliss-reactive ketones (excluding diaryl/α,β-unsaturated/α-hetero) is 2. The molecular weight excluding hydrogens is 366 g/mol. The summed E-state index contributed by atoms with van der Waals surface area (Å²) in [6.45, 7) is 5.51. The van der Waals surface area contributed by atoms with E-state index in [1.54, 1.807) is 0 Å². The number of para-hydroxylation sites is 1. The Morgan fingerprint density at radius 2 is 1.55 bits per heavy atom. The molecule has 2 amide bonds. The van der Waals surface area contributed by atoms with Crippen LogP contribution in [0.2, 0.25) is 0 Å². The smallest absolute Gasteiger partial charge is 0.323 e. The number of piperidine rings is 2. The Hall–Kier alpha value is -2.21. The van der Waals surface area contributed by atoms with Crippen LogP contribution in [0.4, 0.5) is 10.5 Å². The first-order valence-electron chi connectivity index (χ1n) is 10.9. The molecule has 156 valence electrons. The third kappa shape index (κ3) is 4.69. The van der Waals surface area contributed by atoms with E-state index in [1.807, 2.05) is 40.1 Å². The third-order valence-electron chi connectivity index (χ3n) is 6.75. The molecule has 0 radical (unpaired) electrons. The minimum Gasteiger partial charge on any atom is -0.323 e. The van der Waals surface area contributed by atoms with Gasteiger partial charge in [-0.15, -0.1) is 0 Å². The summed E-state index contributed by atoms with van der Waals surface area (Å²) in [4.78, 5) is 43.0. The molecule has 1 saturated carbocycles. The summed E-state index contributed by atoms with van der Waals surface area (Å²) in [5.74, 6) is 1.82. The number of carbonyl (C=O) groups excluding carboxylic acids is 3. The van der Waals surface area contributed by atoms with Crippen molar-refractivity contribution in [2.75, 3.05) is 37.6 Å². The Morgan fingerprint density at radius 3 is 2.10 bits per heavy atom. The highest BCUT2D eigenvalue weighted by Gasteiger charge is 2.44. The van der Waals surface area contributed by atoms with Crippen molar-refractivity contribution >= 4 is 23.3 Å². The predicted molar refractivity (Wildman–Crippen MR) is 112 cm³/mol. The maximum Gasteiger partial charge on any atom is 0.324 e. The lowest BCUT2D eigenvalue weighted by Gasteiger charge is -2.39. The van der Waals surface area contributed by atoms with Gasteiger partial charge in [-0.25, -0.2) is 4.79 Å².